The van der Waals surface area contributed by atoms with Gasteiger partial charge in [-0.15, -0.1) is 0 Å². The van der Waals surface area contributed by atoms with Crippen molar-refractivity contribution in [1.29, 1.82) is 0 Å². The van der Waals surface area contributed by atoms with Crippen LogP contribution in [0.25, 0.3) is 10.9 Å². The molecular formula is C21H23ClN4O2S. The van der Waals surface area contributed by atoms with Gasteiger partial charge in [0.1, 0.15) is 5.82 Å². The van der Waals surface area contributed by atoms with E-state index in [1.165, 1.54) is 0 Å². The van der Waals surface area contributed by atoms with Crippen LogP contribution in [0.5, 0.6) is 0 Å². The molecule has 0 saturated heterocycles. The number of aromatic nitrogens is 1. The molecule has 0 saturated carbocycles. The van der Waals surface area contributed by atoms with Crippen molar-refractivity contribution in [3.05, 3.63) is 59.1 Å². The standard InChI is InChI=1S/C21H23ClN4O2S/c22-16-6-7-17-18(24-9-3-8-23)13-21(25-19(17)12-16)26-10-11-29(27,28)20-5-2-1-4-15(20)14-26/h1-2,4-7,12-13H,3,8-11,14,23H2,(H,24,25). The molecule has 29 heavy (non-hydrogen) atoms. The van der Waals surface area contributed by atoms with E-state index in [9.17, 15) is 8.42 Å². The van der Waals surface area contributed by atoms with Crippen molar-refractivity contribution >= 4 is 43.8 Å². The first kappa shape index (κ1) is 19.9. The molecule has 6 nitrogen and oxygen atoms in total. The van der Waals surface area contributed by atoms with Crippen molar-refractivity contribution in [3.8, 4) is 0 Å². The van der Waals surface area contributed by atoms with Crippen LogP contribution in [0, 0.1) is 0 Å². The van der Waals surface area contributed by atoms with E-state index in [4.69, 9.17) is 22.3 Å². The average Bonchev–Trinajstić information content (AvgIpc) is 2.84. The molecule has 152 valence electrons. The molecule has 2 aromatic carbocycles. The Labute approximate surface area is 175 Å². The zero-order valence-corrected chi connectivity index (χ0v) is 17.5. The molecule has 1 aliphatic heterocycles. The van der Waals surface area contributed by atoms with Gasteiger partial charge in [-0.3, -0.25) is 0 Å². The molecule has 2 heterocycles. The summed E-state index contributed by atoms with van der Waals surface area (Å²) >= 11 is 6.20. The lowest BCUT2D eigenvalue weighted by atomic mass is 10.1. The summed E-state index contributed by atoms with van der Waals surface area (Å²) in [4.78, 5) is 7.21. The van der Waals surface area contributed by atoms with Crippen LogP contribution in [-0.4, -0.2) is 38.8 Å². The molecule has 0 aliphatic carbocycles. The summed E-state index contributed by atoms with van der Waals surface area (Å²) in [6.07, 6.45) is 0.849. The van der Waals surface area contributed by atoms with Crippen LogP contribution < -0.4 is 16.0 Å². The van der Waals surface area contributed by atoms with Gasteiger partial charge in [0.25, 0.3) is 0 Å². The van der Waals surface area contributed by atoms with Gasteiger partial charge in [0.05, 0.1) is 16.2 Å². The van der Waals surface area contributed by atoms with Gasteiger partial charge in [0.2, 0.25) is 0 Å². The van der Waals surface area contributed by atoms with Crippen molar-refractivity contribution in [2.45, 2.75) is 17.9 Å². The van der Waals surface area contributed by atoms with E-state index >= 15 is 0 Å². The molecule has 8 heteroatoms. The minimum absolute atomic E-state index is 0.0508. The molecule has 0 atom stereocenters. The van der Waals surface area contributed by atoms with E-state index in [2.05, 4.69) is 5.32 Å². The molecular weight excluding hydrogens is 408 g/mol. The smallest absolute Gasteiger partial charge is 0.180 e. The highest BCUT2D eigenvalue weighted by Gasteiger charge is 2.26. The molecule has 0 spiro atoms. The fraction of sp³-hybridized carbons (Fsp3) is 0.286. The van der Waals surface area contributed by atoms with Crippen molar-refractivity contribution < 1.29 is 8.42 Å². The normalized spacial score (nSPS) is 15.7. The first-order valence-electron chi connectivity index (χ1n) is 9.58. The first-order chi connectivity index (χ1) is 14.0. The van der Waals surface area contributed by atoms with Gasteiger partial charge in [-0.25, -0.2) is 13.4 Å². The van der Waals surface area contributed by atoms with Gasteiger partial charge in [-0.1, -0.05) is 29.8 Å². The Bertz CT molecular complexity index is 1150. The Morgan fingerprint density at radius 2 is 2.00 bits per heavy atom. The lowest BCUT2D eigenvalue weighted by molar-refractivity contribution is 0.596. The first-order valence-corrected chi connectivity index (χ1v) is 11.6. The van der Waals surface area contributed by atoms with Crippen LogP contribution in [-0.2, 0) is 16.4 Å². The third-order valence-corrected chi connectivity index (χ3v) is 7.10. The number of nitrogens with zero attached hydrogens (tertiary/aromatic N) is 2. The number of halogens is 1. The van der Waals surface area contributed by atoms with Crippen molar-refractivity contribution in [1.82, 2.24) is 4.98 Å². The highest BCUT2D eigenvalue weighted by molar-refractivity contribution is 7.91. The van der Waals surface area contributed by atoms with E-state index in [-0.39, 0.29) is 5.75 Å². The predicted octanol–water partition coefficient (Wildman–Crippen LogP) is 3.44. The topological polar surface area (TPSA) is 88.3 Å². The largest absolute Gasteiger partial charge is 0.384 e. The number of fused-ring (bicyclic) bond motifs is 2. The van der Waals surface area contributed by atoms with E-state index in [0.29, 0.717) is 29.6 Å². The zero-order valence-electron chi connectivity index (χ0n) is 15.9. The minimum Gasteiger partial charge on any atom is -0.384 e. The molecule has 0 fully saturated rings. The zero-order chi connectivity index (χ0) is 20.4. The van der Waals surface area contributed by atoms with E-state index in [0.717, 1.165) is 40.9 Å². The van der Waals surface area contributed by atoms with Gasteiger partial charge in [-0.2, -0.15) is 0 Å². The minimum atomic E-state index is -3.32. The van der Waals surface area contributed by atoms with Crippen molar-refractivity contribution in [3.63, 3.8) is 0 Å². The summed E-state index contributed by atoms with van der Waals surface area (Å²) in [5, 5.41) is 5.01. The maximum absolute atomic E-state index is 12.7. The van der Waals surface area contributed by atoms with Crippen LogP contribution in [0.2, 0.25) is 5.02 Å². The SMILES string of the molecule is NCCCNc1cc(N2CCS(=O)(=O)c3ccccc3C2)nc2cc(Cl)ccc12. The van der Waals surface area contributed by atoms with Crippen molar-refractivity contribution in [2.24, 2.45) is 5.73 Å². The molecule has 0 amide bonds. The van der Waals surface area contributed by atoms with Gasteiger partial charge < -0.3 is 16.0 Å². The number of nitrogens with two attached hydrogens (primary N) is 1. The predicted molar refractivity (Wildman–Crippen MR) is 118 cm³/mol. The summed E-state index contributed by atoms with van der Waals surface area (Å²) in [7, 11) is -3.32. The Kier molecular flexibility index (Phi) is 5.63. The molecule has 0 radical (unpaired) electrons. The number of sulfone groups is 1. The monoisotopic (exact) mass is 430 g/mol. The quantitative estimate of drug-likeness (QED) is 0.603. The Morgan fingerprint density at radius 3 is 2.83 bits per heavy atom. The maximum atomic E-state index is 12.7. The van der Waals surface area contributed by atoms with Crippen LogP contribution in [0.15, 0.2) is 53.4 Å². The second-order valence-corrected chi connectivity index (χ2v) is 9.62. The number of rotatable bonds is 5. The summed E-state index contributed by atoms with van der Waals surface area (Å²) in [6.45, 7) is 2.21. The number of nitrogens with one attached hydrogen (secondary N) is 1. The van der Waals surface area contributed by atoms with Crippen LogP contribution in [0.4, 0.5) is 11.5 Å². The summed E-state index contributed by atoms with van der Waals surface area (Å²) in [5.41, 5.74) is 8.12. The number of hydrogen-bond donors (Lipinski definition) is 2. The molecule has 4 rings (SSSR count). The third kappa shape index (κ3) is 4.17. The number of benzene rings is 2. The van der Waals surface area contributed by atoms with Crippen LogP contribution >= 0.6 is 11.6 Å². The Hall–Kier alpha value is -2.35. The van der Waals surface area contributed by atoms with Gasteiger partial charge in [-0.05, 0) is 42.8 Å². The third-order valence-electron chi connectivity index (χ3n) is 5.08. The average molecular weight is 431 g/mol. The molecule has 0 unspecified atom stereocenters. The molecule has 0 bridgehead atoms. The van der Waals surface area contributed by atoms with Gasteiger partial charge in [0, 0.05) is 41.8 Å². The van der Waals surface area contributed by atoms with Gasteiger partial charge >= 0.3 is 0 Å². The molecule has 3 aromatic rings. The van der Waals surface area contributed by atoms with Crippen LogP contribution in [0.1, 0.15) is 12.0 Å². The maximum Gasteiger partial charge on any atom is 0.180 e. The number of anilines is 2. The highest BCUT2D eigenvalue weighted by Crippen LogP contribution is 2.31. The second kappa shape index (κ2) is 8.18. The molecule has 3 N–H and O–H groups in total. The lowest BCUT2D eigenvalue weighted by Gasteiger charge is -2.23. The molecule has 1 aromatic heterocycles. The highest BCUT2D eigenvalue weighted by atomic mass is 35.5. The summed E-state index contributed by atoms with van der Waals surface area (Å²) in [5.74, 6) is 0.775. The van der Waals surface area contributed by atoms with E-state index in [1.54, 1.807) is 12.1 Å². The fourth-order valence-corrected chi connectivity index (χ4v) is 5.24. The fourth-order valence-electron chi connectivity index (χ4n) is 3.58. The lowest BCUT2D eigenvalue weighted by Crippen LogP contribution is -2.26. The van der Waals surface area contributed by atoms with Crippen molar-refractivity contribution in [2.75, 3.05) is 35.6 Å². The second-order valence-electron chi connectivity index (χ2n) is 7.11. The Balaban J connectivity index is 1.77. The Morgan fingerprint density at radius 1 is 1.17 bits per heavy atom. The van der Waals surface area contributed by atoms with E-state index in [1.807, 2.05) is 41.3 Å². The summed E-state index contributed by atoms with van der Waals surface area (Å²) in [6, 6.07) is 14.8. The number of hydrogen-bond acceptors (Lipinski definition) is 6. The summed E-state index contributed by atoms with van der Waals surface area (Å²) < 4.78 is 25.4. The molecule has 1 aliphatic rings. The van der Waals surface area contributed by atoms with E-state index < -0.39 is 9.84 Å². The van der Waals surface area contributed by atoms with Gasteiger partial charge in [0.15, 0.2) is 9.84 Å². The number of pyridine rings is 1. The van der Waals surface area contributed by atoms with Crippen LogP contribution in [0.3, 0.4) is 0 Å².